The third-order valence-corrected chi connectivity index (χ3v) is 4.91. The molecule has 110 valence electrons. The molecule has 2 rings (SSSR count). The largest absolute Gasteiger partial charge is 0.278 e. The van der Waals surface area contributed by atoms with Crippen molar-refractivity contribution in [1.29, 1.82) is 0 Å². The molecule has 0 atom stereocenters. The standard InChI is InChI=1S/C11H7BrClN3O4S/c12-8-6-14-4-3-10(8)15-21(19,20)11-5-7(16(17)18)1-2-9(11)13/h1-6H,(H,14,15). The van der Waals surface area contributed by atoms with Gasteiger partial charge in [-0.1, -0.05) is 11.6 Å². The normalized spacial score (nSPS) is 11.1. The molecule has 1 aromatic carbocycles. The lowest BCUT2D eigenvalue weighted by Gasteiger charge is -2.10. The highest BCUT2D eigenvalue weighted by atomic mass is 79.9. The van der Waals surface area contributed by atoms with Crippen LogP contribution < -0.4 is 4.72 Å². The van der Waals surface area contributed by atoms with E-state index in [4.69, 9.17) is 11.6 Å². The van der Waals surface area contributed by atoms with Gasteiger partial charge in [-0.3, -0.25) is 19.8 Å². The Balaban J connectivity index is 2.47. The van der Waals surface area contributed by atoms with Crippen LogP contribution >= 0.6 is 27.5 Å². The molecule has 7 nitrogen and oxygen atoms in total. The average Bonchev–Trinajstić information content (AvgIpc) is 2.41. The molecule has 0 saturated carbocycles. The quantitative estimate of drug-likeness (QED) is 0.636. The van der Waals surface area contributed by atoms with E-state index in [1.807, 2.05) is 0 Å². The molecule has 0 spiro atoms. The topological polar surface area (TPSA) is 102 Å². The summed E-state index contributed by atoms with van der Waals surface area (Å²) >= 11 is 8.97. The van der Waals surface area contributed by atoms with E-state index >= 15 is 0 Å². The molecule has 0 aliphatic rings. The molecule has 0 bridgehead atoms. The Morgan fingerprint density at radius 1 is 1.33 bits per heavy atom. The number of nitrogens with zero attached hydrogens (tertiary/aromatic N) is 2. The van der Waals surface area contributed by atoms with Crippen LogP contribution in [0.4, 0.5) is 11.4 Å². The summed E-state index contributed by atoms with van der Waals surface area (Å²) < 4.78 is 27.3. The molecule has 0 aliphatic heterocycles. The number of benzene rings is 1. The number of pyridine rings is 1. The number of non-ortho nitro benzene ring substituents is 1. The predicted molar refractivity (Wildman–Crippen MR) is 80.9 cm³/mol. The molecular formula is C11H7BrClN3O4S. The third-order valence-electron chi connectivity index (χ3n) is 2.43. The number of aromatic nitrogens is 1. The van der Waals surface area contributed by atoms with Crippen LogP contribution in [-0.4, -0.2) is 18.3 Å². The molecule has 0 amide bonds. The van der Waals surface area contributed by atoms with Gasteiger partial charge in [0.1, 0.15) is 4.90 Å². The summed E-state index contributed by atoms with van der Waals surface area (Å²) in [6, 6.07) is 4.63. The van der Waals surface area contributed by atoms with Crippen LogP contribution in [0.5, 0.6) is 0 Å². The van der Waals surface area contributed by atoms with Crippen molar-refractivity contribution >= 4 is 48.9 Å². The van der Waals surface area contributed by atoms with Gasteiger partial charge >= 0.3 is 0 Å². The van der Waals surface area contributed by atoms with Crippen molar-refractivity contribution in [2.24, 2.45) is 0 Å². The molecular weight excluding hydrogens is 386 g/mol. The van der Waals surface area contributed by atoms with Gasteiger partial charge in [-0.2, -0.15) is 0 Å². The number of nitrogens with one attached hydrogen (secondary N) is 1. The highest BCUT2D eigenvalue weighted by Gasteiger charge is 2.22. The number of hydrogen-bond donors (Lipinski definition) is 1. The molecule has 21 heavy (non-hydrogen) atoms. The van der Waals surface area contributed by atoms with Crippen molar-refractivity contribution in [2.75, 3.05) is 4.72 Å². The number of nitro groups is 1. The second-order valence-corrected chi connectivity index (χ2v) is 6.75. The summed E-state index contributed by atoms with van der Waals surface area (Å²) in [5.74, 6) is 0. The Morgan fingerprint density at radius 2 is 2.05 bits per heavy atom. The Labute approximate surface area is 133 Å². The lowest BCUT2D eigenvalue weighted by molar-refractivity contribution is -0.385. The smallest absolute Gasteiger partial charge is 0.270 e. The van der Waals surface area contributed by atoms with Gasteiger partial charge in [-0.05, 0) is 28.1 Å². The Morgan fingerprint density at radius 3 is 2.67 bits per heavy atom. The first-order valence-corrected chi connectivity index (χ1v) is 8.03. The van der Waals surface area contributed by atoms with Gasteiger partial charge in [-0.15, -0.1) is 0 Å². The summed E-state index contributed by atoms with van der Waals surface area (Å²) in [6.45, 7) is 0. The van der Waals surface area contributed by atoms with Gasteiger partial charge in [0.05, 0.1) is 20.1 Å². The monoisotopic (exact) mass is 391 g/mol. The summed E-state index contributed by atoms with van der Waals surface area (Å²) in [5, 5.41) is 10.6. The molecule has 0 aliphatic carbocycles. The molecule has 0 saturated heterocycles. The molecule has 0 radical (unpaired) electrons. The van der Waals surface area contributed by atoms with E-state index < -0.39 is 14.9 Å². The zero-order chi connectivity index (χ0) is 15.6. The van der Waals surface area contributed by atoms with Gasteiger partial charge in [0.2, 0.25) is 0 Å². The highest BCUT2D eigenvalue weighted by molar-refractivity contribution is 9.10. The van der Waals surface area contributed by atoms with Gasteiger partial charge in [-0.25, -0.2) is 8.42 Å². The van der Waals surface area contributed by atoms with Crippen molar-refractivity contribution in [1.82, 2.24) is 4.98 Å². The van der Waals surface area contributed by atoms with Crippen molar-refractivity contribution < 1.29 is 13.3 Å². The lowest BCUT2D eigenvalue weighted by atomic mass is 10.3. The maximum atomic E-state index is 12.3. The molecule has 1 heterocycles. The Kier molecular flexibility index (Phi) is 4.45. The summed E-state index contributed by atoms with van der Waals surface area (Å²) in [4.78, 5) is 13.5. The SMILES string of the molecule is O=[N+]([O-])c1ccc(Cl)c(S(=O)(=O)Nc2ccncc2Br)c1. The summed E-state index contributed by atoms with van der Waals surface area (Å²) in [7, 11) is -4.07. The van der Waals surface area contributed by atoms with Crippen LogP contribution in [0.1, 0.15) is 0 Å². The fourth-order valence-electron chi connectivity index (χ4n) is 1.47. The Bertz CT molecular complexity index is 813. The fraction of sp³-hybridized carbons (Fsp3) is 0. The number of anilines is 1. The van der Waals surface area contributed by atoms with Gasteiger partial charge in [0.25, 0.3) is 15.7 Å². The zero-order valence-electron chi connectivity index (χ0n) is 10.2. The number of nitro benzene ring substituents is 1. The van der Waals surface area contributed by atoms with E-state index in [9.17, 15) is 18.5 Å². The fourth-order valence-corrected chi connectivity index (χ4v) is 3.55. The average molecular weight is 393 g/mol. The molecule has 1 aromatic heterocycles. The van der Waals surface area contributed by atoms with Crippen LogP contribution in [0, 0.1) is 10.1 Å². The minimum Gasteiger partial charge on any atom is -0.278 e. The van der Waals surface area contributed by atoms with Crippen molar-refractivity contribution in [3.8, 4) is 0 Å². The van der Waals surface area contributed by atoms with Crippen LogP contribution in [0.3, 0.4) is 0 Å². The van der Waals surface area contributed by atoms with E-state index in [-0.39, 0.29) is 21.3 Å². The second-order valence-electron chi connectivity index (χ2n) is 3.83. The van der Waals surface area contributed by atoms with Crippen LogP contribution in [0.25, 0.3) is 0 Å². The number of rotatable bonds is 4. The van der Waals surface area contributed by atoms with E-state index in [0.29, 0.717) is 4.47 Å². The van der Waals surface area contributed by atoms with Gasteiger partial charge < -0.3 is 0 Å². The van der Waals surface area contributed by atoms with E-state index in [0.717, 1.165) is 18.2 Å². The van der Waals surface area contributed by atoms with E-state index in [1.165, 1.54) is 18.5 Å². The Hall–Kier alpha value is -1.71. The summed E-state index contributed by atoms with van der Waals surface area (Å²) in [5.41, 5.74) is -0.124. The molecule has 0 unspecified atom stereocenters. The predicted octanol–water partition coefficient (Wildman–Crippen LogP) is 3.21. The van der Waals surface area contributed by atoms with Crippen LogP contribution in [0.2, 0.25) is 5.02 Å². The molecule has 1 N–H and O–H groups in total. The van der Waals surface area contributed by atoms with Crippen molar-refractivity contribution in [2.45, 2.75) is 4.90 Å². The lowest BCUT2D eigenvalue weighted by Crippen LogP contribution is -2.14. The van der Waals surface area contributed by atoms with Crippen LogP contribution in [-0.2, 0) is 10.0 Å². The van der Waals surface area contributed by atoms with E-state index in [1.54, 1.807) is 0 Å². The first kappa shape index (κ1) is 15.7. The van der Waals surface area contributed by atoms with E-state index in [2.05, 4.69) is 25.6 Å². The summed E-state index contributed by atoms with van der Waals surface area (Å²) in [6.07, 6.45) is 2.81. The minimum absolute atomic E-state index is 0.113. The minimum atomic E-state index is -4.07. The molecule has 2 aromatic rings. The maximum Gasteiger partial charge on any atom is 0.270 e. The third kappa shape index (κ3) is 3.49. The van der Waals surface area contributed by atoms with Gasteiger partial charge in [0.15, 0.2) is 0 Å². The first-order chi connectivity index (χ1) is 9.81. The number of halogens is 2. The van der Waals surface area contributed by atoms with Crippen molar-refractivity contribution in [3.05, 3.63) is 56.3 Å². The maximum absolute atomic E-state index is 12.3. The second kappa shape index (κ2) is 5.96. The molecule has 0 fully saturated rings. The number of hydrogen-bond acceptors (Lipinski definition) is 5. The molecule has 10 heteroatoms. The number of sulfonamides is 1. The van der Waals surface area contributed by atoms with Gasteiger partial charge in [0, 0.05) is 24.5 Å². The highest BCUT2D eigenvalue weighted by Crippen LogP contribution is 2.29. The first-order valence-electron chi connectivity index (χ1n) is 5.37. The van der Waals surface area contributed by atoms with Crippen molar-refractivity contribution in [3.63, 3.8) is 0 Å². The zero-order valence-corrected chi connectivity index (χ0v) is 13.3. The van der Waals surface area contributed by atoms with Crippen LogP contribution in [0.15, 0.2) is 46.0 Å².